The van der Waals surface area contributed by atoms with Crippen LogP contribution in [-0.4, -0.2) is 37.1 Å². The van der Waals surface area contributed by atoms with Gasteiger partial charge in [-0.25, -0.2) is 8.42 Å². The molecule has 0 radical (unpaired) electrons. The zero-order chi connectivity index (χ0) is 21.3. The molecule has 1 atom stereocenters. The molecule has 1 aromatic heterocycles. The minimum atomic E-state index is -3.66. The van der Waals surface area contributed by atoms with Crippen molar-refractivity contribution in [2.45, 2.75) is 49.4 Å². The fraction of sp³-hybridized carbons (Fsp3) is 0.429. The number of hydrogen-bond donors (Lipinski definition) is 2. The molecule has 30 heavy (non-hydrogen) atoms. The van der Waals surface area contributed by atoms with Crippen LogP contribution in [0.3, 0.4) is 0 Å². The Bertz CT molecular complexity index is 1040. The van der Waals surface area contributed by atoms with Gasteiger partial charge in [-0.15, -0.1) is 11.3 Å². The molecule has 1 unspecified atom stereocenters. The third kappa shape index (κ3) is 4.58. The minimum Gasteiger partial charge on any atom is -0.351 e. The van der Waals surface area contributed by atoms with E-state index >= 15 is 0 Å². The molecule has 2 N–H and O–H groups in total. The molecular weight excluding hydrogens is 422 g/mol. The van der Waals surface area contributed by atoms with Gasteiger partial charge in [0.05, 0.1) is 0 Å². The van der Waals surface area contributed by atoms with Crippen LogP contribution in [0.5, 0.6) is 0 Å². The van der Waals surface area contributed by atoms with Gasteiger partial charge in [0.1, 0.15) is 10.3 Å². The largest absolute Gasteiger partial charge is 0.351 e. The Morgan fingerprint density at radius 1 is 1.07 bits per heavy atom. The smallest absolute Gasteiger partial charge is 0.253 e. The van der Waals surface area contributed by atoms with Crippen LogP contribution in [0.15, 0.2) is 40.6 Å². The fourth-order valence-electron chi connectivity index (χ4n) is 3.56. The zero-order valence-corrected chi connectivity index (χ0v) is 18.4. The first-order valence-electron chi connectivity index (χ1n) is 10.1. The number of nitrogens with one attached hydrogen (secondary N) is 2. The molecule has 0 spiro atoms. The maximum absolute atomic E-state index is 12.9. The molecule has 2 fully saturated rings. The maximum atomic E-state index is 12.9. The summed E-state index contributed by atoms with van der Waals surface area (Å²) in [5, 5.41) is 5.74. The Kier molecular flexibility index (Phi) is 5.95. The Balaban J connectivity index is 1.35. The molecule has 1 aliphatic heterocycles. The van der Waals surface area contributed by atoms with E-state index in [4.69, 9.17) is 0 Å². The Morgan fingerprint density at radius 3 is 2.43 bits per heavy atom. The number of carbonyl (C=O) groups is 2. The summed E-state index contributed by atoms with van der Waals surface area (Å²) in [6, 6.07) is 10.0. The van der Waals surface area contributed by atoms with Crippen LogP contribution < -0.4 is 10.6 Å². The van der Waals surface area contributed by atoms with Crippen molar-refractivity contribution in [1.29, 1.82) is 0 Å². The summed E-state index contributed by atoms with van der Waals surface area (Å²) in [5.41, 5.74) is 1.62. The number of benzene rings is 1. The maximum Gasteiger partial charge on any atom is 0.253 e. The van der Waals surface area contributed by atoms with Crippen molar-refractivity contribution < 1.29 is 18.0 Å². The van der Waals surface area contributed by atoms with Gasteiger partial charge in [0.25, 0.3) is 10.0 Å². The van der Waals surface area contributed by atoms with Crippen molar-refractivity contribution in [2.75, 3.05) is 11.9 Å². The Hall–Kier alpha value is -2.23. The molecule has 9 heteroatoms. The lowest BCUT2D eigenvalue weighted by Crippen LogP contribution is -2.45. The van der Waals surface area contributed by atoms with Crippen molar-refractivity contribution in [3.63, 3.8) is 0 Å². The molecule has 1 saturated carbocycles. The summed E-state index contributed by atoms with van der Waals surface area (Å²) in [4.78, 5) is 25.5. The molecule has 2 amide bonds. The van der Waals surface area contributed by atoms with E-state index in [2.05, 4.69) is 10.6 Å². The average molecular weight is 448 g/mol. The summed E-state index contributed by atoms with van der Waals surface area (Å²) in [6.07, 6.45) is 3.09. The molecule has 0 bridgehead atoms. The summed E-state index contributed by atoms with van der Waals surface area (Å²) >= 11 is 1.23. The van der Waals surface area contributed by atoms with Crippen molar-refractivity contribution >= 4 is 38.9 Å². The van der Waals surface area contributed by atoms with Gasteiger partial charge in [0.2, 0.25) is 11.8 Å². The lowest BCUT2D eigenvalue weighted by atomic mass is 10.2. The van der Waals surface area contributed by atoms with Crippen molar-refractivity contribution in [3.8, 4) is 0 Å². The lowest BCUT2D eigenvalue weighted by Gasteiger charge is -2.22. The summed E-state index contributed by atoms with van der Waals surface area (Å²) < 4.78 is 27.5. The summed E-state index contributed by atoms with van der Waals surface area (Å²) in [6.45, 7) is 2.52. The summed E-state index contributed by atoms with van der Waals surface area (Å²) in [5.74, 6) is -0.0809. The first kappa shape index (κ1) is 21.0. The van der Waals surface area contributed by atoms with Crippen molar-refractivity contribution in [2.24, 2.45) is 5.92 Å². The van der Waals surface area contributed by atoms with Gasteiger partial charge in [0.15, 0.2) is 0 Å². The van der Waals surface area contributed by atoms with E-state index in [1.165, 1.54) is 15.6 Å². The number of rotatable bonds is 7. The number of amides is 2. The van der Waals surface area contributed by atoms with Gasteiger partial charge in [-0.05, 0) is 62.4 Å². The molecule has 7 nitrogen and oxygen atoms in total. The predicted molar refractivity (Wildman–Crippen MR) is 116 cm³/mol. The lowest BCUT2D eigenvalue weighted by molar-refractivity contribution is -0.124. The number of carbonyl (C=O) groups excluding carboxylic acids is 2. The third-order valence-electron chi connectivity index (χ3n) is 5.42. The highest BCUT2D eigenvalue weighted by Crippen LogP contribution is 2.31. The third-order valence-corrected chi connectivity index (χ3v) is 8.80. The highest BCUT2D eigenvalue weighted by Gasteiger charge is 2.39. The monoisotopic (exact) mass is 447 g/mol. The molecule has 1 aliphatic carbocycles. The topological polar surface area (TPSA) is 95.6 Å². The van der Waals surface area contributed by atoms with Crippen LogP contribution in [0.2, 0.25) is 0 Å². The van der Waals surface area contributed by atoms with Crippen LogP contribution in [0.25, 0.3) is 0 Å². The number of sulfonamides is 1. The molecule has 1 saturated heterocycles. The summed E-state index contributed by atoms with van der Waals surface area (Å²) in [7, 11) is -3.66. The molecule has 2 aromatic rings. The van der Waals surface area contributed by atoms with Crippen molar-refractivity contribution in [3.05, 3.63) is 46.8 Å². The number of anilines is 1. The van der Waals surface area contributed by atoms with E-state index in [-0.39, 0.29) is 21.9 Å². The zero-order valence-electron chi connectivity index (χ0n) is 16.8. The highest BCUT2D eigenvalue weighted by atomic mass is 32.2. The Labute approximate surface area is 180 Å². The van der Waals surface area contributed by atoms with E-state index in [0.717, 1.165) is 29.0 Å². The molecule has 1 aromatic carbocycles. The van der Waals surface area contributed by atoms with Crippen LogP contribution in [0, 0.1) is 12.8 Å². The van der Waals surface area contributed by atoms with Gasteiger partial charge in [-0.2, -0.15) is 4.31 Å². The molecular formula is C21H25N3O4S2. The number of thiophene rings is 1. The van der Waals surface area contributed by atoms with Crippen LogP contribution in [0.1, 0.15) is 36.1 Å². The number of aryl methyl sites for hydroxylation is 1. The van der Waals surface area contributed by atoms with E-state index in [9.17, 15) is 18.0 Å². The number of hydrogen-bond acceptors (Lipinski definition) is 5. The van der Waals surface area contributed by atoms with Gasteiger partial charge >= 0.3 is 0 Å². The molecule has 2 heterocycles. The van der Waals surface area contributed by atoms with E-state index in [1.54, 1.807) is 12.1 Å². The van der Waals surface area contributed by atoms with E-state index in [1.807, 2.05) is 31.2 Å². The van der Waals surface area contributed by atoms with E-state index in [0.29, 0.717) is 25.9 Å². The number of nitrogens with zero attached hydrogens (tertiary/aromatic N) is 1. The second kappa shape index (κ2) is 8.49. The van der Waals surface area contributed by atoms with Gasteiger partial charge in [-0.1, -0.05) is 12.1 Å². The molecule has 4 rings (SSSR count). The van der Waals surface area contributed by atoms with Gasteiger partial charge in [-0.3, -0.25) is 9.59 Å². The van der Waals surface area contributed by atoms with Gasteiger partial charge < -0.3 is 10.6 Å². The SMILES string of the molecule is Cc1ccc(S(=O)(=O)N2CCCC2C(=O)NCc2ccc(NC(=O)C3CC3)cc2)s1. The second-order valence-corrected chi connectivity index (χ2v) is 11.2. The van der Waals surface area contributed by atoms with Crippen molar-refractivity contribution in [1.82, 2.24) is 9.62 Å². The first-order chi connectivity index (χ1) is 14.3. The molecule has 2 aliphatic rings. The molecule has 160 valence electrons. The average Bonchev–Trinajstić information content (AvgIpc) is 3.28. The first-order valence-corrected chi connectivity index (χ1v) is 12.4. The fourth-order valence-corrected chi connectivity index (χ4v) is 6.63. The second-order valence-electron chi connectivity index (χ2n) is 7.82. The van der Waals surface area contributed by atoms with Crippen LogP contribution in [-0.2, 0) is 26.2 Å². The minimum absolute atomic E-state index is 0.0551. The predicted octanol–water partition coefficient (Wildman–Crippen LogP) is 2.87. The standard InChI is InChI=1S/C21H25N3O4S2/c1-14-4-11-19(29-14)30(27,28)24-12-2-3-18(24)21(26)22-13-15-5-9-17(10-6-15)23-20(25)16-7-8-16/h4-6,9-11,16,18H,2-3,7-8,12-13H2,1H3,(H,22,26)(H,23,25). The van der Waals surface area contributed by atoms with Gasteiger partial charge in [0, 0.05) is 29.6 Å². The van der Waals surface area contributed by atoms with Crippen LogP contribution in [0.4, 0.5) is 5.69 Å². The quantitative estimate of drug-likeness (QED) is 0.682. The normalized spacial score (nSPS) is 19.6. The highest BCUT2D eigenvalue weighted by molar-refractivity contribution is 7.91. The van der Waals surface area contributed by atoms with Crippen LogP contribution >= 0.6 is 11.3 Å². The Morgan fingerprint density at radius 2 is 1.80 bits per heavy atom. The van der Waals surface area contributed by atoms with E-state index < -0.39 is 16.1 Å².